The van der Waals surface area contributed by atoms with E-state index in [1.807, 2.05) is 30.3 Å². The molecular formula is C33H46FN3O12PS+. The second-order valence-electron chi connectivity index (χ2n) is 14.7. The summed E-state index contributed by atoms with van der Waals surface area (Å²) in [6.07, 6.45) is -5.92. The van der Waals surface area contributed by atoms with Crippen molar-refractivity contribution in [1.29, 1.82) is 0 Å². The van der Waals surface area contributed by atoms with Crippen LogP contribution in [0.1, 0.15) is 85.8 Å². The number of nitrogens with zero attached hydrogens (tertiary/aromatic N) is 3. The van der Waals surface area contributed by atoms with Gasteiger partial charge in [-0.2, -0.15) is 23.8 Å². The van der Waals surface area contributed by atoms with Crippen LogP contribution in [0, 0.1) is 0 Å². The van der Waals surface area contributed by atoms with Gasteiger partial charge in [0.25, 0.3) is 0 Å². The molecule has 15 nitrogen and oxygen atoms in total. The van der Waals surface area contributed by atoms with Crippen LogP contribution in [0.25, 0.3) is 0 Å². The van der Waals surface area contributed by atoms with Crippen molar-refractivity contribution in [2.24, 2.45) is 0 Å². The van der Waals surface area contributed by atoms with E-state index >= 15 is 4.39 Å². The van der Waals surface area contributed by atoms with Crippen molar-refractivity contribution in [2.45, 2.75) is 115 Å². The lowest BCUT2D eigenvalue weighted by Gasteiger charge is -2.28. The lowest BCUT2D eigenvalue weighted by Crippen LogP contribution is -2.45. The maximum Gasteiger partial charge on any atom is 0.573 e. The molecule has 1 aromatic heterocycles. The number of ether oxygens (including phenoxy) is 4. The summed E-state index contributed by atoms with van der Waals surface area (Å²) in [6, 6.07) is 10.3. The zero-order chi connectivity index (χ0) is 37.9. The Balaban J connectivity index is 1.60. The highest BCUT2D eigenvalue weighted by atomic mass is 32.2. The Labute approximate surface area is 300 Å². The van der Waals surface area contributed by atoms with Crippen molar-refractivity contribution in [3.63, 3.8) is 0 Å². The topological polar surface area (TPSA) is 174 Å². The largest absolute Gasteiger partial charge is 0.573 e. The highest BCUT2D eigenvalue weighted by Crippen LogP contribution is 2.64. The van der Waals surface area contributed by atoms with E-state index in [2.05, 4.69) is 4.98 Å². The predicted octanol–water partition coefficient (Wildman–Crippen LogP) is 7.06. The number of carbonyl (C=O) groups is 3. The highest BCUT2D eigenvalue weighted by molar-refractivity contribution is 8.00. The number of imide groups is 1. The number of halogens is 1. The van der Waals surface area contributed by atoms with Crippen LogP contribution >= 0.6 is 19.9 Å². The van der Waals surface area contributed by atoms with E-state index in [4.69, 9.17) is 32.5 Å². The van der Waals surface area contributed by atoms with Gasteiger partial charge in [-0.1, -0.05) is 30.3 Å². The Morgan fingerprint density at radius 3 is 2.12 bits per heavy atom. The number of anilines is 1. The van der Waals surface area contributed by atoms with Gasteiger partial charge in [-0.15, -0.1) is 16.3 Å². The highest BCUT2D eigenvalue weighted by Gasteiger charge is 2.55. The summed E-state index contributed by atoms with van der Waals surface area (Å²) < 4.78 is 55.7. The summed E-state index contributed by atoms with van der Waals surface area (Å²) in [7, 11) is -3.90. The first kappa shape index (κ1) is 40.4. The summed E-state index contributed by atoms with van der Waals surface area (Å²) in [5.41, 5.74) is -3.22. The molecular weight excluding hydrogens is 712 g/mol. The zero-order valence-corrected chi connectivity index (χ0v) is 31.8. The molecule has 2 fully saturated rings. The second-order valence-corrected chi connectivity index (χ2v) is 17.7. The molecule has 2 aliphatic heterocycles. The average molecular weight is 759 g/mol. The first-order valence-corrected chi connectivity index (χ1v) is 18.7. The van der Waals surface area contributed by atoms with Crippen LogP contribution < -0.4 is 10.6 Å². The number of rotatable bonds is 7. The van der Waals surface area contributed by atoms with Crippen LogP contribution in [0.3, 0.4) is 0 Å². The molecule has 1 N–H and O–H groups in total. The summed E-state index contributed by atoms with van der Waals surface area (Å²) in [5.74, 6) is -0.425. The Morgan fingerprint density at radius 2 is 1.57 bits per heavy atom. The molecule has 1 unspecified atom stereocenters. The smallest absolute Gasteiger partial charge is 0.443 e. The van der Waals surface area contributed by atoms with E-state index in [9.17, 15) is 24.1 Å². The molecule has 2 amide bonds. The third-order valence-electron chi connectivity index (χ3n) is 6.83. The van der Waals surface area contributed by atoms with Gasteiger partial charge in [0.2, 0.25) is 0 Å². The first-order valence-electron chi connectivity index (χ1n) is 16.2. The average Bonchev–Trinajstić information content (AvgIpc) is 3.28. The van der Waals surface area contributed by atoms with Gasteiger partial charge in [-0.25, -0.2) is 23.6 Å². The summed E-state index contributed by atoms with van der Waals surface area (Å²) >= 11 is 0.870. The number of hydrogen-bond acceptors (Lipinski definition) is 14. The van der Waals surface area contributed by atoms with Crippen molar-refractivity contribution in [3.8, 4) is 0 Å². The van der Waals surface area contributed by atoms with Crippen LogP contribution in [0.5, 0.6) is 0 Å². The molecule has 0 spiro atoms. The Kier molecular flexibility index (Phi) is 12.5. The molecule has 6 atom stereocenters. The van der Waals surface area contributed by atoms with Gasteiger partial charge in [-0.05, 0) is 73.9 Å². The third-order valence-corrected chi connectivity index (χ3v) is 9.85. The lowest BCUT2D eigenvalue weighted by molar-refractivity contribution is -0.0483. The Hall–Kier alpha value is -3.34. The SMILES string of the molecule is CC(C)(C)OC(=O)O[C@H]1[C@H](F)[C@H](n2ccc(N(C(=O)OC(C)(C)C)C(=O)OC(C)(C)C)nc2=O)S[C@@H]1CO[P+]1(O)OCC[C@H](c2ccccc2)O1. The number of benzene rings is 1. The molecule has 0 saturated carbocycles. The van der Waals surface area contributed by atoms with Gasteiger partial charge in [0.1, 0.15) is 41.5 Å². The van der Waals surface area contributed by atoms with Gasteiger partial charge < -0.3 is 18.9 Å². The van der Waals surface area contributed by atoms with Crippen molar-refractivity contribution >= 4 is 44.1 Å². The first-order chi connectivity index (χ1) is 23.5. The monoisotopic (exact) mass is 758 g/mol. The van der Waals surface area contributed by atoms with Gasteiger partial charge in [-0.3, -0.25) is 4.57 Å². The maximum atomic E-state index is 16.3. The summed E-state index contributed by atoms with van der Waals surface area (Å²) in [5, 5.41) is -2.34. The normalized spacial score (nSPS) is 25.5. The quantitative estimate of drug-likeness (QED) is 0.173. The van der Waals surface area contributed by atoms with E-state index in [1.165, 1.54) is 0 Å². The standard InChI is InChI=1S/C33H46FN3O12PS/c1-31(2,3)46-28(39)37(29(40)47-32(4,5)6)23-15-17-36(27(38)35-23)26-24(34)25(45-30(41)48-33(7,8)9)22(51-26)19-44-50(42)43-18-16-21(49-50)20-13-11-10-12-14-20/h10-15,17,21-22,24-26,42H,16,18-19H2,1-9H3/q+1/t21-,22-,24+,25-,26-,50?/m1/s1. The molecule has 0 radical (unpaired) electrons. The summed E-state index contributed by atoms with van der Waals surface area (Å²) in [6.45, 7) is 14.1. The van der Waals surface area contributed by atoms with Crippen LogP contribution in [-0.2, 0) is 32.5 Å². The minimum atomic E-state index is -3.90. The molecule has 2 saturated heterocycles. The Bertz CT molecular complexity index is 1580. The van der Waals surface area contributed by atoms with Crippen molar-refractivity contribution in [3.05, 3.63) is 58.6 Å². The van der Waals surface area contributed by atoms with Gasteiger partial charge in [0, 0.05) is 12.6 Å². The zero-order valence-electron chi connectivity index (χ0n) is 30.1. The van der Waals surface area contributed by atoms with E-state index in [-0.39, 0.29) is 6.61 Å². The fourth-order valence-electron chi connectivity index (χ4n) is 4.83. The summed E-state index contributed by atoms with van der Waals surface area (Å²) in [4.78, 5) is 67.8. The fraction of sp³-hybridized carbons (Fsp3) is 0.606. The number of amides is 2. The van der Waals surface area contributed by atoms with Crippen molar-refractivity contribution in [2.75, 3.05) is 18.1 Å². The van der Waals surface area contributed by atoms with Gasteiger partial charge in [0.05, 0.1) is 5.25 Å². The molecule has 0 bridgehead atoms. The molecule has 18 heteroatoms. The predicted molar refractivity (Wildman–Crippen MR) is 186 cm³/mol. The number of aromatic nitrogens is 2. The number of thioether (sulfide) groups is 1. The van der Waals surface area contributed by atoms with Gasteiger partial charge in [0.15, 0.2) is 18.1 Å². The van der Waals surface area contributed by atoms with E-state index in [0.717, 1.165) is 34.2 Å². The fourth-order valence-corrected chi connectivity index (χ4v) is 7.82. The van der Waals surface area contributed by atoms with Crippen molar-refractivity contribution in [1.82, 2.24) is 9.55 Å². The Morgan fingerprint density at radius 1 is 0.980 bits per heavy atom. The van der Waals surface area contributed by atoms with Crippen molar-refractivity contribution < 1.29 is 56.2 Å². The molecule has 2 aromatic rings. The minimum Gasteiger partial charge on any atom is -0.443 e. The number of hydrogen-bond donors (Lipinski definition) is 1. The van der Waals surface area contributed by atoms with E-state index < -0.39 is 90.4 Å². The van der Waals surface area contributed by atoms with Gasteiger partial charge >= 0.3 is 32.2 Å². The third kappa shape index (κ3) is 11.3. The van der Waals surface area contributed by atoms with Crippen LogP contribution in [0.4, 0.5) is 24.6 Å². The second kappa shape index (κ2) is 15.7. The maximum absolute atomic E-state index is 16.3. The minimum absolute atomic E-state index is 0.130. The molecule has 1 aromatic carbocycles. The van der Waals surface area contributed by atoms with E-state index in [0.29, 0.717) is 11.3 Å². The lowest BCUT2D eigenvalue weighted by atomic mass is 10.1. The molecule has 2 aliphatic rings. The van der Waals surface area contributed by atoms with Crippen LogP contribution in [-0.4, -0.2) is 80.3 Å². The molecule has 4 rings (SSSR count). The number of alkyl halides is 1. The number of carbonyl (C=O) groups excluding carboxylic acids is 3. The molecule has 0 aliphatic carbocycles. The van der Waals surface area contributed by atoms with Crippen LogP contribution in [0.15, 0.2) is 47.4 Å². The molecule has 282 valence electrons. The molecule has 51 heavy (non-hydrogen) atoms. The van der Waals surface area contributed by atoms with E-state index in [1.54, 1.807) is 62.3 Å². The molecule has 3 heterocycles. The van der Waals surface area contributed by atoms with Crippen LogP contribution in [0.2, 0.25) is 0 Å².